The molecule has 0 saturated heterocycles. The summed E-state index contributed by atoms with van der Waals surface area (Å²) < 4.78 is 0. The van der Waals surface area contributed by atoms with Gasteiger partial charge in [-0.15, -0.1) is 0 Å². The van der Waals surface area contributed by atoms with Gasteiger partial charge < -0.3 is 0 Å². The number of hydrogen-bond acceptors (Lipinski definition) is 16. The highest BCUT2D eigenvalue weighted by molar-refractivity contribution is 6.07. The number of benzene rings is 12. The van der Waals surface area contributed by atoms with Crippen LogP contribution >= 0.6 is 0 Å². The highest BCUT2D eigenvalue weighted by Crippen LogP contribution is 2.40. The smallest absolute Gasteiger partial charge is 0.164 e. The number of pyridine rings is 9. The quantitative estimate of drug-likeness (QED) is 0.0777. The molecule has 140 heavy (non-hydrogen) atoms. The fourth-order valence-corrected chi connectivity index (χ4v) is 18.3. The molecule has 16 heteroatoms. The number of aryl methyl sites for hydroxylation is 6. The Morgan fingerprint density at radius 2 is 0.536 bits per heavy atom. The molecular formula is C124H90N16. The van der Waals surface area contributed by atoms with Crippen LogP contribution in [-0.2, 0) is 12.8 Å². The first kappa shape index (κ1) is 87.1. The Hall–Kier alpha value is -18.3. The van der Waals surface area contributed by atoms with Crippen LogP contribution < -0.4 is 0 Å². The number of nitrogens with zero attached hydrogens (tertiary/aromatic N) is 16. The zero-order chi connectivity index (χ0) is 94.5. The molecule has 12 heterocycles. The Morgan fingerprint density at radius 3 is 0.979 bits per heavy atom. The van der Waals surface area contributed by atoms with Gasteiger partial charge in [-0.2, -0.15) is 0 Å². The summed E-state index contributed by atoms with van der Waals surface area (Å²) in [5.74, 6) is 3.18. The number of aromatic nitrogens is 16. The summed E-state index contributed by atoms with van der Waals surface area (Å²) in [5.41, 5.74) is 36.7. The van der Waals surface area contributed by atoms with Crippen molar-refractivity contribution in [1.82, 2.24) is 79.7 Å². The van der Waals surface area contributed by atoms with E-state index in [0.717, 1.165) is 230 Å². The van der Waals surface area contributed by atoms with Gasteiger partial charge in [0.15, 0.2) is 29.1 Å². The van der Waals surface area contributed by atoms with Crippen LogP contribution in [0.2, 0.25) is 0 Å². The first-order valence-corrected chi connectivity index (χ1v) is 47.0. The second-order valence-electron chi connectivity index (χ2n) is 34.8. The van der Waals surface area contributed by atoms with Crippen LogP contribution in [0.5, 0.6) is 0 Å². The van der Waals surface area contributed by atoms with E-state index in [0.29, 0.717) is 29.1 Å². The molecule has 24 aromatic rings. The topological polar surface area (TPSA) is 206 Å². The highest BCUT2D eigenvalue weighted by Gasteiger charge is 2.21. The lowest BCUT2D eigenvalue weighted by molar-refractivity contribution is 1.03. The monoisotopic (exact) mass is 1800 g/mol. The van der Waals surface area contributed by atoms with E-state index in [-0.39, 0.29) is 0 Å². The molecule has 0 unspecified atom stereocenters. The van der Waals surface area contributed by atoms with Crippen molar-refractivity contribution in [2.24, 2.45) is 0 Å². The van der Waals surface area contributed by atoms with E-state index in [9.17, 15) is 0 Å². The number of fused-ring (bicyclic) bond motifs is 9. The summed E-state index contributed by atoms with van der Waals surface area (Å²) in [7, 11) is 0. The predicted octanol–water partition coefficient (Wildman–Crippen LogP) is 29.7. The standard InChI is InChI=1S/C43H33N5.C41H29N5.C40H28N6/c1-3-28-25-36(4-2)45-42-37(28)20-18-30-19-21-38(46-41(30)42)33-15-8-13-31(23-33)32-14-9-16-34(24-32)43-47-39(29-11-6-5-7-12-29)26-40(48-43)35-17-10-22-44-27-35;1-26-22-27(2)43-40-34(26)19-17-28-18-20-35(44-39(28)40)32-14-8-12-30(23-32)31-13-9-15-33(24-31)37-25-38(36-16-6-7-21-42-36)46-41(45-37)29-10-4-3-5-11-29;1-25-22-26(2)42-37-34(25)16-14-27-15-17-35(43-36(27)37)32-12-6-10-30(23-32)31-11-7-13-33(24-31)40-45-38(28-8-4-3-5-9-28)44-39(46-40)29-18-20-41-21-19-29/h5-27H,3-4H2,1-2H3;3-25H,1-2H3;3-24H,1-2H3. The largest absolute Gasteiger partial charge is 0.265 e. The van der Waals surface area contributed by atoms with Crippen molar-refractivity contribution >= 4 is 65.4 Å². The van der Waals surface area contributed by atoms with Crippen molar-refractivity contribution in [1.29, 1.82) is 0 Å². The summed E-state index contributed by atoms with van der Waals surface area (Å²) in [6.45, 7) is 12.7. The Kier molecular flexibility index (Phi) is 24.0. The van der Waals surface area contributed by atoms with Crippen LogP contribution in [0.25, 0.3) is 235 Å². The SMILES string of the molecule is CCc1cc(CC)c2ccc3ccc(-c4cccc(-c5cccc(-c6nc(-c7ccccc7)cc(-c7cccnc7)n6)c5)c4)nc3c2n1.Cc1cc(C)c2ccc3ccc(-c4cccc(-c5cccc(-c6cc(-c7ccccn7)nc(-c7ccccc7)n6)c5)c4)nc3c2n1.Cc1cc(C)c2ccc3ccc(-c4cccc(-c5cccc(-c6nc(-c7ccccc7)nc(-c7ccncc7)n6)c5)c4)nc3c2n1. The minimum absolute atomic E-state index is 0.605. The first-order valence-electron chi connectivity index (χ1n) is 47.0. The maximum absolute atomic E-state index is 5.21. The molecule has 0 spiro atoms. The van der Waals surface area contributed by atoms with Gasteiger partial charge >= 0.3 is 0 Å². The third-order valence-corrected chi connectivity index (χ3v) is 25.4. The lowest BCUT2D eigenvalue weighted by atomic mass is 9.98. The summed E-state index contributed by atoms with van der Waals surface area (Å²) in [4.78, 5) is 77.9. The van der Waals surface area contributed by atoms with E-state index in [2.05, 4.69) is 279 Å². The summed E-state index contributed by atoms with van der Waals surface area (Å²) in [6, 6.07) is 131. The van der Waals surface area contributed by atoms with E-state index in [4.69, 9.17) is 64.8 Å². The van der Waals surface area contributed by atoms with Crippen molar-refractivity contribution in [3.63, 3.8) is 0 Å². The van der Waals surface area contributed by atoms with Gasteiger partial charge in [-0.3, -0.25) is 29.9 Å². The zero-order valence-electron chi connectivity index (χ0n) is 77.8. The molecule has 16 nitrogen and oxygen atoms in total. The summed E-state index contributed by atoms with van der Waals surface area (Å²) in [6.07, 6.45) is 10.8. The Morgan fingerprint density at radius 1 is 0.186 bits per heavy atom. The Bertz CT molecular complexity index is 8300. The van der Waals surface area contributed by atoms with Gasteiger partial charge in [0, 0.05) is 142 Å². The lowest BCUT2D eigenvalue weighted by Crippen LogP contribution is -2.00. The molecule has 24 rings (SSSR count). The van der Waals surface area contributed by atoms with E-state index in [1.807, 2.05) is 166 Å². The van der Waals surface area contributed by atoms with E-state index < -0.39 is 0 Å². The van der Waals surface area contributed by atoms with Crippen LogP contribution in [-0.4, -0.2) is 79.7 Å². The molecule has 12 aromatic carbocycles. The maximum atomic E-state index is 5.21. The molecule has 0 aliphatic rings. The van der Waals surface area contributed by atoms with Crippen LogP contribution in [0, 0.1) is 27.7 Å². The van der Waals surface area contributed by atoms with Crippen LogP contribution in [0.15, 0.2) is 413 Å². The molecule has 0 aliphatic carbocycles. The van der Waals surface area contributed by atoms with Crippen molar-refractivity contribution in [2.75, 3.05) is 0 Å². The predicted molar refractivity (Wildman–Crippen MR) is 568 cm³/mol. The van der Waals surface area contributed by atoms with Gasteiger partial charge in [-0.1, -0.05) is 275 Å². The second kappa shape index (κ2) is 38.6. The lowest BCUT2D eigenvalue weighted by Gasteiger charge is -2.12. The van der Waals surface area contributed by atoms with Crippen LogP contribution in [0.1, 0.15) is 47.6 Å². The molecule has 0 saturated carbocycles. The first-order chi connectivity index (χ1) is 68.8. The number of hydrogen-bond donors (Lipinski definition) is 0. The van der Waals surface area contributed by atoms with Gasteiger partial charge in [-0.05, 0) is 212 Å². The molecule has 0 bridgehead atoms. The summed E-state index contributed by atoms with van der Waals surface area (Å²) >= 11 is 0. The highest BCUT2D eigenvalue weighted by atomic mass is 15.0. The molecular weight excluding hydrogens is 1710 g/mol. The Labute approximate surface area is 810 Å². The van der Waals surface area contributed by atoms with Crippen molar-refractivity contribution < 1.29 is 0 Å². The number of rotatable bonds is 17. The summed E-state index contributed by atoms with van der Waals surface area (Å²) in [5, 5.41) is 6.72. The Balaban J connectivity index is 0.000000121. The van der Waals surface area contributed by atoms with E-state index in [1.165, 1.54) is 22.1 Å². The van der Waals surface area contributed by atoms with Crippen molar-refractivity contribution in [3.8, 4) is 169 Å². The fourth-order valence-electron chi connectivity index (χ4n) is 18.3. The third kappa shape index (κ3) is 18.3. The van der Waals surface area contributed by atoms with Gasteiger partial charge in [0.25, 0.3) is 0 Å². The molecule has 0 amide bonds. The van der Waals surface area contributed by atoms with Gasteiger partial charge in [0.05, 0.1) is 78.7 Å². The van der Waals surface area contributed by atoms with Gasteiger partial charge in [-0.25, -0.2) is 49.8 Å². The average Bonchev–Trinajstić information content (AvgIpc) is 0.748. The molecule has 0 atom stereocenters. The second-order valence-corrected chi connectivity index (χ2v) is 34.8. The van der Waals surface area contributed by atoms with E-state index in [1.54, 1.807) is 24.8 Å². The molecule has 666 valence electrons. The van der Waals surface area contributed by atoms with Gasteiger partial charge in [0.1, 0.15) is 0 Å². The normalized spacial score (nSPS) is 11.3. The maximum Gasteiger partial charge on any atom is 0.164 e. The molecule has 0 radical (unpaired) electrons. The molecule has 0 fully saturated rings. The minimum atomic E-state index is 0.605. The van der Waals surface area contributed by atoms with E-state index >= 15 is 0 Å². The van der Waals surface area contributed by atoms with Crippen molar-refractivity contribution in [2.45, 2.75) is 54.4 Å². The van der Waals surface area contributed by atoms with Crippen molar-refractivity contribution in [3.05, 3.63) is 447 Å². The van der Waals surface area contributed by atoms with Gasteiger partial charge in [0.2, 0.25) is 0 Å². The van der Waals surface area contributed by atoms with Crippen LogP contribution in [0.3, 0.4) is 0 Å². The molecule has 12 aromatic heterocycles. The molecule has 0 N–H and O–H groups in total. The zero-order valence-corrected chi connectivity index (χ0v) is 77.8. The molecule has 0 aliphatic heterocycles. The average molecular weight is 1800 g/mol. The van der Waals surface area contributed by atoms with Crippen LogP contribution in [0.4, 0.5) is 0 Å². The third-order valence-electron chi connectivity index (χ3n) is 25.4. The fraction of sp³-hybridized carbons (Fsp3) is 0.0645. The minimum Gasteiger partial charge on any atom is -0.265 e.